The third-order valence-corrected chi connectivity index (χ3v) is 5.31. The summed E-state index contributed by atoms with van der Waals surface area (Å²) in [5.74, 6) is 0.826. The first-order chi connectivity index (χ1) is 8.77. The number of rotatable bonds is 3. The van der Waals surface area contributed by atoms with Crippen LogP contribution in [0.1, 0.15) is 45.4 Å². The third-order valence-electron chi connectivity index (χ3n) is 5.31. The van der Waals surface area contributed by atoms with Gasteiger partial charge in [-0.25, -0.2) is 0 Å². The van der Waals surface area contributed by atoms with E-state index in [9.17, 15) is 0 Å². The summed E-state index contributed by atoms with van der Waals surface area (Å²) in [7, 11) is 0. The fourth-order valence-electron chi connectivity index (χ4n) is 3.94. The maximum Gasteiger partial charge on any atom is 0.0495 e. The van der Waals surface area contributed by atoms with Gasteiger partial charge in [0.1, 0.15) is 0 Å². The van der Waals surface area contributed by atoms with Gasteiger partial charge in [0, 0.05) is 37.9 Å². The minimum Gasteiger partial charge on any atom is -0.381 e. The zero-order valence-electron chi connectivity index (χ0n) is 11.8. The summed E-state index contributed by atoms with van der Waals surface area (Å²) in [6, 6.07) is 0.707. The number of nitrogens with zero attached hydrogens (tertiary/aromatic N) is 1. The van der Waals surface area contributed by atoms with Gasteiger partial charge in [0.05, 0.1) is 0 Å². The van der Waals surface area contributed by atoms with Crippen molar-refractivity contribution in [1.29, 1.82) is 0 Å². The smallest absolute Gasteiger partial charge is 0.0495 e. The molecule has 1 saturated carbocycles. The topological polar surface area (TPSA) is 24.5 Å². The summed E-state index contributed by atoms with van der Waals surface area (Å²) in [4.78, 5) is 2.74. The highest BCUT2D eigenvalue weighted by Crippen LogP contribution is 2.33. The van der Waals surface area contributed by atoms with Crippen LogP contribution in [0.2, 0.25) is 0 Å². The molecule has 3 rings (SSSR count). The van der Waals surface area contributed by atoms with Gasteiger partial charge in [-0.05, 0) is 45.1 Å². The van der Waals surface area contributed by atoms with Crippen LogP contribution >= 0.6 is 0 Å². The van der Waals surface area contributed by atoms with E-state index in [1.165, 1.54) is 58.2 Å². The lowest BCUT2D eigenvalue weighted by Gasteiger charge is -2.45. The molecule has 2 heterocycles. The monoisotopic (exact) mass is 252 g/mol. The Balaban J connectivity index is 1.52. The Hall–Kier alpha value is -0.120. The number of hydrogen-bond acceptors (Lipinski definition) is 3. The quantitative estimate of drug-likeness (QED) is 0.831. The fourth-order valence-corrected chi connectivity index (χ4v) is 3.94. The second kappa shape index (κ2) is 5.48. The molecule has 2 unspecified atom stereocenters. The van der Waals surface area contributed by atoms with Crippen molar-refractivity contribution in [2.45, 2.75) is 57.0 Å². The van der Waals surface area contributed by atoms with E-state index in [0.29, 0.717) is 11.6 Å². The summed E-state index contributed by atoms with van der Waals surface area (Å²) in [5.41, 5.74) is 0.471. The van der Waals surface area contributed by atoms with Crippen LogP contribution in [0.3, 0.4) is 0 Å². The Bertz CT molecular complexity index is 270. The molecule has 0 bridgehead atoms. The first-order valence-corrected chi connectivity index (χ1v) is 7.84. The van der Waals surface area contributed by atoms with Crippen LogP contribution in [0.5, 0.6) is 0 Å². The number of hydrogen-bond donors (Lipinski definition) is 1. The van der Waals surface area contributed by atoms with Crippen LogP contribution < -0.4 is 5.32 Å². The van der Waals surface area contributed by atoms with Gasteiger partial charge in [-0.3, -0.25) is 4.90 Å². The molecule has 1 spiro atoms. The van der Waals surface area contributed by atoms with E-state index < -0.39 is 0 Å². The predicted octanol–water partition coefficient (Wildman–Crippen LogP) is 2.02. The zero-order valence-corrected chi connectivity index (χ0v) is 11.8. The molecule has 3 aliphatic rings. The van der Waals surface area contributed by atoms with Gasteiger partial charge in [-0.15, -0.1) is 0 Å². The van der Waals surface area contributed by atoms with Gasteiger partial charge < -0.3 is 10.1 Å². The van der Waals surface area contributed by atoms with Crippen molar-refractivity contribution in [1.82, 2.24) is 10.2 Å². The average Bonchev–Trinajstić information content (AvgIpc) is 3.03. The molecular weight excluding hydrogens is 224 g/mol. The van der Waals surface area contributed by atoms with E-state index in [4.69, 9.17) is 4.74 Å². The lowest BCUT2D eigenvalue weighted by atomic mass is 9.92. The average molecular weight is 252 g/mol. The van der Waals surface area contributed by atoms with Crippen LogP contribution in [-0.2, 0) is 4.74 Å². The number of piperazine rings is 1. The molecule has 3 heteroatoms. The van der Waals surface area contributed by atoms with Crippen molar-refractivity contribution in [3.05, 3.63) is 0 Å². The van der Waals surface area contributed by atoms with E-state index in [-0.39, 0.29) is 0 Å². The van der Waals surface area contributed by atoms with E-state index in [2.05, 4.69) is 17.1 Å². The molecule has 0 amide bonds. The van der Waals surface area contributed by atoms with Crippen LogP contribution in [0.4, 0.5) is 0 Å². The molecule has 3 fully saturated rings. The van der Waals surface area contributed by atoms with Crippen molar-refractivity contribution >= 4 is 0 Å². The highest BCUT2D eigenvalue weighted by atomic mass is 16.5. The molecule has 2 aliphatic heterocycles. The van der Waals surface area contributed by atoms with E-state index in [1.54, 1.807) is 0 Å². The van der Waals surface area contributed by atoms with E-state index in [0.717, 1.165) is 19.1 Å². The first kappa shape index (κ1) is 12.9. The van der Waals surface area contributed by atoms with Gasteiger partial charge in [0.25, 0.3) is 0 Å². The summed E-state index contributed by atoms with van der Waals surface area (Å²) >= 11 is 0. The fraction of sp³-hybridized carbons (Fsp3) is 1.00. The lowest BCUT2D eigenvalue weighted by Crippen LogP contribution is -2.62. The standard InChI is InChI=1S/C15H28N2O/c1-13-10-16-15(6-2-3-7-15)12-17(13)8-4-14-5-9-18-11-14/h13-14,16H,2-12H2,1H3. The van der Waals surface area contributed by atoms with Crippen LogP contribution in [0.25, 0.3) is 0 Å². The Labute approximate surface area is 111 Å². The summed E-state index contributed by atoms with van der Waals surface area (Å²) in [6.07, 6.45) is 8.24. The highest BCUT2D eigenvalue weighted by molar-refractivity contribution is 5.00. The van der Waals surface area contributed by atoms with Crippen molar-refractivity contribution in [3.8, 4) is 0 Å². The van der Waals surface area contributed by atoms with Gasteiger partial charge >= 0.3 is 0 Å². The molecule has 0 radical (unpaired) electrons. The first-order valence-electron chi connectivity index (χ1n) is 7.84. The normalized spacial score (nSPS) is 36.5. The van der Waals surface area contributed by atoms with E-state index in [1.807, 2.05) is 0 Å². The van der Waals surface area contributed by atoms with Crippen LogP contribution in [0.15, 0.2) is 0 Å². The second-order valence-electron chi connectivity index (χ2n) is 6.71. The number of ether oxygens (including phenoxy) is 1. The molecule has 1 aliphatic carbocycles. The Morgan fingerprint density at radius 2 is 2.17 bits per heavy atom. The van der Waals surface area contributed by atoms with Crippen molar-refractivity contribution in [2.24, 2.45) is 5.92 Å². The minimum absolute atomic E-state index is 0.471. The predicted molar refractivity (Wildman–Crippen MR) is 73.8 cm³/mol. The molecule has 1 N–H and O–H groups in total. The van der Waals surface area contributed by atoms with E-state index >= 15 is 0 Å². The zero-order chi connectivity index (χ0) is 12.4. The molecule has 104 valence electrons. The molecule has 0 aromatic carbocycles. The Morgan fingerprint density at radius 1 is 1.33 bits per heavy atom. The molecular formula is C15H28N2O. The Kier molecular flexibility index (Phi) is 3.92. The maximum absolute atomic E-state index is 5.49. The molecule has 0 aromatic heterocycles. The molecule has 18 heavy (non-hydrogen) atoms. The maximum atomic E-state index is 5.49. The van der Waals surface area contributed by atoms with Crippen molar-refractivity contribution < 1.29 is 4.74 Å². The van der Waals surface area contributed by atoms with Gasteiger partial charge in [0.15, 0.2) is 0 Å². The molecule has 3 nitrogen and oxygen atoms in total. The second-order valence-corrected chi connectivity index (χ2v) is 6.71. The summed E-state index contributed by atoms with van der Waals surface area (Å²) < 4.78 is 5.49. The van der Waals surface area contributed by atoms with Crippen molar-refractivity contribution in [3.63, 3.8) is 0 Å². The molecule has 2 saturated heterocycles. The minimum atomic E-state index is 0.471. The molecule has 0 aromatic rings. The van der Waals surface area contributed by atoms with Crippen LogP contribution in [0, 0.1) is 5.92 Å². The van der Waals surface area contributed by atoms with Gasteiger partial charge in [-0.1, -0.05) is 12.8 Å². The lowest BCUT2D eigenvalue weighted by molar-refractivity contribution is 0.0822. The highest BCUT2D eigenvalue weighted by Gasteiger charge is 2.39. The Morgan fingerprint density at radius 3 is 2.89 bits per heavy atom. The van der Waals surface area contributed by atoms with Crippen LogP contribution in [-0.4, -0.2) is 49.3 Å². The molecule has 2 atom stereocenters. The summed E-state index contributed by atoms with van der Waals surface area (Å²) in [6.45, 7) is 8.11. The third kappa shape index (κ3) is 2.73. The largest absolute Gasteiger partial charge is 0.381 e. The van der Waals surface area contributed by atoms with Gasteiger partial charge in [0.2, 0.25) is 0 Å². The SMILES string of the molecule is CC1CNC2(CCCC2)CN1CCC1CCOC1. The number of nitrogens with one attached hydrogen (secondary N) is 1. The van der Waals surface area contributed by atoms with Crippen molar-refractivity contribution in [2.75, 3.05) is 32.8 Å². The van der Waals surface area contributed by atoms with Gasteiger partial charge in [-0.2, -0.15) is 0 Å². The summed E-state index contributed by atoms with van der Waals surface area (Å²) in [5, 5.41) is 3.84.